The van der Waals surface area contributed by atoms with Crippen LogP contribution in [-0.2, 0) is 11.3 Å². The maximum Gasteiger partial charge on any atom is 0.255 e. The number of carbonyl (C=O) groups excluding carboxylic acids is 1. The third-order valence-electron chi connectivity index (χ3n) is 4.73. The molecule has 5 nitrogen and oxygen atoms in total. The number of ether oxygens (including phenoxy) is 2. The van der Waals surface area contributed by atoms with Crippen LogP contribution in [0, 0.1) is 0 Å². The minimum absolute atomic E-state index is 0.127. The van der Waals surface area contributed by atoms with Crippen LogP contribution in [0.4, 0.5) is 5.69 Å². The highest BCUT2D eigenvalue weighted by Crippen LogP contribution is 2.18. The van der Waals surface area contributed by atoms with Crippen molar-refractivity contribution >= 4 is 11.6 Å². The zero-order valence-corrected chi connectivity index (χ0v) is 16.1. The number of nitrogens with zero attached hydrogens (tertiary/aromatic N) is 1. The van der Waals surface area contributed by atoms with Crippen molar-refractivity contribution in [2.45, 2.75) is 32.9 Å². The Kier molecular flexibility index (Phi) is 6.85. The summed E-state index contributed by atoms with van der Waals surface area (Å²) in [4.78, 5) is 14.9. The Labute approximate surface area is 161 Å². The van der Waals surface area contributed by atoms with Gasteiger partial charge >= 0.3 is 0 Å². The highest BCUT2D eigenvalue weighted by Gasteiger charge is 2.11. The third-order valence-corrected chi connectivity index (χ3v) is 4.73. The zero-order valence-electron chi connectivity index (χ0n) is 16.1. The van der Waals surface area contributed by atoms with Crippen molar-refractivity contribution in [3.05, 3.63) is 59.7 Å². The van der Waals surface area contributed by atoms with Gasteiger partial charge in [-0.1, -0.05) is 25.1 Å². The SMILES string of the molecule is CC[C@H](C)Oc1cccc(C(=O)Nc2ccc(CN3CCOCC3)cc2)c1. The van der Waals surface area contributed by atoms with E-state index in [0.29, 0.717) is 5.56 Å². The van der Waals surface area contributed by atoms with E-state index < -0.39 is 0 Å². The first kappa shape index (κ1) is 19.4. The lowest BCUT2D eigenvalue weighted by Gasteiger charge is -2.26. The quantitative estimate of drug-likeness (QED) is 0.804. The third kappa shape index (κ3) is 5.81. The summed E-state index contributed by atoms with van der Waals surface area (Å²) in [6.45, 7) is 8.53. The number of benzene rings is 2. The predicted octanol–water partition coefficient (Wildman–Crippen LogP) is 3.95. The van der Waals surface area contributed by atoms with E-state index in [0.717, 1.165) is 50.7 Å². The molecule has 1 aliphatic rings. The summed E-state index contributed by atoms with van der Waals surface area (Å²) in [6.07, 6.45) is 1.05. The number of carbonyl (C=O) groups is 1. The summed E-state index contributed by atoms with van der Waals surface area (Å²) in [5, 5.41) is 2.96. The van der Waals surface area contributed by atoms with E-state index in [-0.39, 0.29) is 12.0 Å². The summed E-state index contributed by atoms with van der Waals surface area (Å²) in [6, 6.07) is 15.3. The molecule has 1 amide bonds. The highest BCUT2D eigenvalue weighted by atomic mass is 16.5. The fourth-order valence-electron chi connectivity index (χ4n) is 2.94. The van der Waals surface area contributed by atoms with Crippen LogP contribution in [0.2, 0.25) is 0 Å². The van der Waals surface area contributed by atoms with Crippen molar-refractivity contribution in [1.82, 2.24) is 4.90 Å². The molecule has 0 unspecified atom stereocenters. The molecule has 144 valence electrons. The molecule has 0 saturated carbocycles. The molecule has 1 saturated heterocycles. The van der Waals surface area contributed by atoms with Gasteiger partial charge in [0, 0.05) is 30.9 Å². The largest absolute Gasteiger partial charge is 0.491 e. The molecule has 1 N–H and O–H groups in total. The summed E-state index contributed by atoms with van der Waals surface area (Å²) in [5.74, 6) is 0.586. The molecule has 1 heterocycles. The van der Waals surface area contributed by atoms with Gasteiger partial charge in [-0.15, -0.1) is 0 Å². The molecule has 1 aliphatic heterocycles. The Hall–Kier alpha value is -2.37. The molecule has 3 rings (SSSR count). The summed E-state index contributed by atoms with van der Waals surface area (Å²) < 4.78 is 11.2. The average molecular weight is 368 g/mol. The van der Waals surface area contributed by atoms with Gasteiger partial charge in [-0.05, 0) is 49.2 Å². The Morgan fingerprint density at radius 2 is 1.93 bits per heavy atom. The van der Waals surface area contributed by atoms with E-state index in [1.807, 2.05) is 31.2 Å². The van der Waals surface area contributed by atoms with Crippen LogP contribution in [-0.4, -0.2) is 43.2 Å². The van der Waals surface area contributed by atoms with E-state index >= 15 is 0 Å². The Morgan fingerprint density at radius 3 is 2.63 bits per heavy atom. The van der Waals surface area contributed by atoms with Gasteiger partial charge in [0.2, 0.25) is 0 Å². The fraction of sp³-hybridized carbons (Fsp3) is 0.409. The van der Waals surface area contributed by atoms with E-state index in [4.69, 9.17) is 9.47 Å². The number of nitrogens with one attached hydrogen (secondary N) is 1. The normalized spacial score (nSPS) is 15.9. The molecule has 0 spiro atoms. The monoisotopic (exact) mass is 368 g/mol. The van der Waals surface area contributed by atoms with E-state index in [2.05, 4.69) is 29.3 Å². The molecule has 5 heteroatoms. The minimum atomic E-state index is -0.134. The smallest absolute Gasteiger partial charge is 0.255 e. The van der Waals surface area contributed by atoms with Crippen molar-refractivity contribution in [2.75, 3.05) is 31.6 Å². The molecular weight excluding hydrogens is 340 g/mol. The van der Waals surface area contributed by atoms with Crippen LogP contribution in [0.1, 0.15) is 36.2 Å². The van der Waals surface area contributed by atoms with Crippen LogP contribution in [0.5, 0.6) is 5.75 Å². The number of hydrogen-bond acceptors (Lipinski definition) is 4. The molecule has 0 radical (unpaired) electrons. The lowest BCUT2D eigenvalue weighted by Crippen LogP contribution is -2.35. The second kappa shape index (κ2) is 9.53. The van der Waals surface area contributed by atoms with E-state index in [9.17, 15) is 4.79 Å². The number of rotatable bonds is 7. The molecule has 27 heavy (non-hydrogen) atoms. The molecule has 1 fully saturated rings. The van der Waals surface area contributed by atoms with Gasteiger partial charge in [-0.2, -0.15) is 0 Å². The summed E-state index contributed by atoms with van der Waals surface area (Å²) in [5.41, 5.74) is 2.62. The highest BCUT2D eigenvalue weighted by molar-refractivity contribution is 6.04. The molecule has 0 aromatic heterocycles. The lowest BCUT2D eigenvalue weighted by molar-refractivity contribution is 0.0342. The minimum Gasteiger partial charge on any atom is -0.491 e. The predicted molar refractivity (Wildman–Crippen MR) is 107 cm³/mol. The average Bonchev–Trinajstić information content (AvgIpc) is 2.70. The molecule has 2 aromatic carbocycles. The first-order chi connectivity index (χ1) is 13.1. The summed E-state index contributed by atoms with van der Waals surface area (Å²) in [7, 11) is 0. The topological polar surface area (TPSA) is 50.8 Å². The second-order valence-electron chi connectivity index (χ2n) is 6.90. The maximum absolute atomic E-state index is 12.5. The van der Waals surface area contributed by atoms with Gasteiger partial charge in [0.25, 0.3) is 5.91 Å². The van der Waals surface area contributed by atoms with Crippen molar-refractivity contribution in [1.29, 1.82) is 0 Å². The van der Waals surface area contributed by atoms with Crippen molar-refractivity contribution in [3.63, 3.8) is 0 Å². The van der Waals surface area contributed by atoms with Crippen molar-refractivity contribution < 1.29 is 14.3 Å². The van der Waals surface area contributed by atoms with Crippen molar-refractivity contribution in [3.8, 4) is 5.75 Å². The second-order valence-corrected chi connectivity index (χ2v) is 6.90. The molecule has 0 aliphatic carbocycles. The number of morpholine rings is 1. The summed E-state index contributed by atoms with van der Waals surface area (Å²) >= 11 is 0. The Bertz CT molecular complexity index is 739. The fourth-order valence-corrected chi connectivity index (χ4v) is 2.94. The van der Waals surface area contributed by atoms with Gasteiger partial charge in [0.1, 0.15) is 5.75 Å². The molecular formula is C22H28N2O3. The first-order valence-electron chi connectivity index (χ1n) is 9.61. The zero-order chi connectivity index (χ0) is 19.1. The van der Waals surface area contributed by atoms with Crippen molar-refractivity contribution in [2.24, 2.45) is 0 Å². The molecule has 0 bridgehead atoms. The van der Waals surface area contributed by atoms with Gasteiger partial charge in [-0.25, -0.2) is 0 Å². The molecule has 2 aromatic rings. The van der Waals surface area contributed by atoms with Gasteiger partial charge in [0.05, 0.1) is 19.3 Å². The lowest BCUT2D eigenvalue weighted by atomic mass is 10.1. The van der Waals surface area contributed by atoms with Crippen LogP contribution in [0.3, 0.4) is 0 Å². The van der Waals surface area contributed by atoms with Crippen LogP contribution >= 0.6 is 0 Å². The number of amides is 1. The van der Waals surface area contributed by atoms with Crippen LogP contribution in [0.25, 0.3) is 0 Å². The Morgan fingerprint density at radius 1 is 1.19 bits per heavy atom. The number of anilines is 1. The maximum atomic E-state index is 12.5. The van der Waals surface area contributed by atoms with Gasteiger partial charge < -0.3 is 14.8 Å². The van der Waals surface area contributed by atoms with Gasteiger partial charge in [-0.3, -0.25) is 9.69 Å². The van der Waals surface area contributed by atoms with E-state index in [1.165, 1.54) is 5.56 Å². The van der Waals surface area contributed by atoms with Crippen LogP contribution in [0.15, 0.2) is 48.5 Å². The Balaban J connectivity index is 1.58. The van der Waals surface area contributed by atoms with Gasteiger partial charge in [0.15, 0.2) is 0 Å². The van der Waals surface area contributed by atoms with E-state index in [1.54, 1.807) is 12.1 Å². The standard InChI is InChI=1S/C22H28N2O3/c1-3-17(2)27-21-6-4-5-19(15-21)22(25)23-20-9-7-18(8-10-20)16-24-11-13-26-14-12-24/h4-10,15,17H,3,11-14,16H2,1-2H3,(H,23,25)/t17-/m0/s1. The first-order valence-corrected chi connectivity index (χ1v) is 9.61. The molecule has 1 atom stereocenters. The number of hydrogen-bond donors (Lipinski definition) is 1. The van der Waals surface area contributed by atoms with Crippen LogP contribution < -0.4 is 10.1 Å².